The summed E-state index contributed by atoms with van der Waals surface area (Å²) in [6.45, 7) is 1.92. The van der Waals surface area contributed by atoms with Crippen molar-refractivity contribution in [3.63, 3.8) is 0 Å². The van der Waals surface area contributed by atoms with Crippen LogP contribution in [0.1, 0.15) is 11.8 Å². The Morgan fingerprint density at radius 2 is 2.17 bits per heavy atom. The number of thiazole rings is 1. The maximum absolute atomic E-state index is 10.8. The van der Waals surface area contributed by atoms with Gasteiger partial charge in [-0.15, -0.1) is 22.7 Å². The van der Waals surface area contributed by atoms with Crippen molar-refractivity contribution in [2.75, 3.05) is 5.43 Å². The van der Waals surface area contributed by atoms with E-state index in [-0.39, 0.29) is 5.69 Å². The van der Waals surface area contributed by atoms with E-state index in [1.54, 1.807) is 23.5 Å². The van der Waals surface area contributed by atoms with Gasteiger partial charge in [-0.25, -0.2) is 4.98 Å². The van der Waals surface area contributed by atoms with E-state index in [2.05, 4.69) is 15.5 Å². The van der Waals surface area contributed by atoms with E-state index in [1.165, 1.54) is 23.5 Å². The van der Waals surface area contributed by atoms with E-state index >= 15 is 0 Å². The number of hydrogen-bond donors (Lipinski definition) is 1. The number of hydrogen-bond acceptors (Lipinski definition) is 7. The van der Waals surface area contributed by atoms with Crippen LogP contribution >= 0.6 is 22.7 Å². The van der Waals surface area contributed by atoms with Crippen LogP contribution in [0.3, 0.4) is 0 Å². The minimum absolute atomic E-state index is 0.0524. The molecule has 3 rings (SSSR count). The quantitative estimate of drug-likeness (QED) is 0.416. The lowest BCUT2D eigenvalue weighted by Gasteiger charge is -1.98. The van der Waals surface area contributed by atoms with Gasteiger partial charge in [-0.2, -0.15) is 5.10 Å². The van der Waals surface area contributed by atoms with Crippen molar-refractivity contribution in [1.82, 2.24) is 4.98 Å². The van der Waals surface area contributed by atoms with Gasteiger partial charge in [0.25, 0.3) is 5.69 Å². The largest absolute Gasteiger partial charge is 0.270 e. The Bertz CT molecular complexity index is 856. The molecular weight excluding hydrogens is 332 g/mol. The summed E-state index contributed by atoms with van der Waals surface area (Å²) in [4.78, 5) is 15.9. The summed E-state index contributed by atoms with van der Waals surface area (Å²) in [6.07, 6.45) is 0. The molecule has 6 nitrogen and oxygen atoms in total. The van der Waals surface area contributed by atoms with Crippen LogP contribution in [-0.2, 0) is 0 Å². The maximum Gasteiger partial charge on any atom is 0.270 e. The molecule has 1 N–H and O–H groups in total. The van der Waals surface area contributed by atoms with Gasteiger partial charge in [0.2, 0.25) is 5.13 Å². The first-order chi connectivity index (χ1) is 11.1. The molecule has 2 heterocycles. The molecule has 0 fully saturated rings. The summed E-state index contributed by atoms with van der Waals surface area (Å²) >= 11 is 3.02. The van der Waals surface area contributed by atoms with Gasteiger partial charge in [0.1, 0.15) is 0 Å². The Hall–Kier alpha value is -2.58. The van der Waals surface area contributed by atoms with Crippen molar-refractivity contribution in [2.45, 2.75) is 6.92 Å². The molecular formula is C15H12N4O2S2. The summed E-state index contributed by atoms with van der Waals surface area (Å²) in [5.74, 6) is 0. The first kappa shape index (κ1) is 15.3. The molecule has 0 aliphatic carbocycles. The second kappa shape index (κ2) is 6.67. The lowest BCUT2D eigenvalue weighted by atomic mass is 10.1. The monoisotopic (exact) mass is 344 g/mol. The van der Waals surface area contributed by atoms with Crippen molar-refractivity contribution >= 4 is 39.2 Å². The first-order valence-corrected chi connectivity index (χ1v) is 8.44. The van der Waals surface area contributed by atoms with Crippen LogP contribution in [0.2, 0.25) is 0 Å². The second-order valence-electron chi connectivity index (χ2n) is 4.63. The van der Waals surface area contributed by atoms with Gasteiger partial charge in [-0.3, -0.25) is 15.5 Å². The summed E-state index contributed by atoms with van der Waals surface area (Å²) < 4.78 is 0. The number of anilines is 1. The number of nitrogens with zero attached hydrogens (tertiary/aromatic N) is 3. The molecule has 0 aliphatic rings. The van der Waals surface area contributed by atoms with Crippen LogP contribution in [0.15, 0.2) is 52.3 Å². The van der Waals surface area contributed by atoms with Crippen molar-refractivity contribution in [3.8, 4) is 11.3 Å². The van der Waals surface area contributed by atoms with Gasteiger partial charge in [0, 0.05) is 28.0 Å². The number of non-ortho nitro benzene ring substituents is 1. The Morgan fingerprint density at radius 3 is 2.91 bits per heavy atom. The van der Waals surface area contributed by atoms with Crippen molar-refractivity contribution in [1.29, 1.82) is 0 Å². The van der Waals surface area contributed by atoms with Crippen LogP contribution in [0.25, 0.3) is 11.3 Å². The average Bonchev–Trinajstić information content (AvgIpc) is 3.24. The van der Waals surface area contributed by atoms with Crippen LogP contribution in [0, 0.1) is 10.1 Å². The Balaban J connectivity index is 1.77. The highest BCUT2D eigenvalue weighted by molar-refractivity contribution is 7.14. The molecule has 8 heteroatoms. The number of rotatable bonds is 5. The lowest BCUT2D eigenvalue weighted by Crippen LogP contribution is -1.97. The highest BCUT2D eigenvalue weighted by Crippen LogP contribution is 2.27. The lowest BCUT2D eigenvalue weighted by molar-refractivity contribution is -0.384. The van der Waals surface area contributed by atoms with Gasteiger partial charge in [0.05, 0.1) is 16.3 Å². The SMILES string of the molecule is C/C(=N/Nc1nc(-c2cccc([N+](=O)[O-])c2)cs1)c1cccs1. The molecule has 0 unspecified atom stereocenters. The first-order valence-electron chi connectivity index (χ1n) is 6.68. The molecule has 0 atom stereocenters. The molecule has 3 aromatic rings. The molecule has 0 spiro atoms. The van der Waals surface area contributed by atoms with Crippen LogP contribution in [0.5, 0.6) is 0 Å². The Labute approximate surface area is 140 Å². The maximum atomic E-state index is 10.8. The summed E-state index contributed by atoms with van der Waals surface area (Å²) in [7, 11) is 0. The van der Waals surface area contributed by atoms with Crippen LogP contribution < -0.4 is 5.43 Å². The number of nitrogens with one attached hydrogen (secondary N) is 1. The van der Waals surface area contributed by atoms with Crippen molar-refractivity contribution in [2.24, 2.45) is 5.10 Å². The molecule has 0 aliphatic heterocycles. The molecule has 116 valence electrons. The summed E-state index contributed by atoms with van der Waals surface area (Å²) in [5, 5.41) is 19.6. The number of hydrazone groups is 1. The topological polar surface area (TPSA) is 80.4 Å². The summed E-state index contributed by atoms with van der Waals surface area (Å²) in [5.41, 5.74) is 5.26. The Morgan fingerprint density at radius 1 is 1.30 bits per heavy atom. The van der Waals surface area contributed by atoms with Crippen molar-refractivity contribution in [3.05, 3.63) is 62.1 Å². The zero-order valence-corrected chi connectivity index (χ0v) is 13.7. The fourth-order valence-corrected chi connectivity index (χ4v) is 3.25. The fourth-order valence-electron chi connectivity index (χ4n) is 1.91. The van der Waals surface area contributed by atoms with E-state index in [0.29, 0.717) is 16.4 Å². The molecule has 0 bridgehead atoms. The van der Waals surface area contributed by atoms with E-state index in [0.717, 1.165) is 10.6 Å². The zero-order valence-electron chi connectivity index (χ0n) is 12.1. The van der Waals surface area contributed by atoms with E-state index in [9.17, 15) is 10.1 Å². The third-order valence-corrected chi connectivity index (χ3v) is 4.78. The van der Waals surface area contributed by atoms with Crippen molar-refractivity contribution < 1.29 is 4.92 Å². The molecule has 0 saturated heterocycles. The number of benzene rings is 1. The van der Waals surface area contributed by atoms with Gasteiger partial charge < -0.3 is 0 Å². The second-order valence-corrected chi connectivity index (χ2v) is 6.44. The minimum atomic E-state index is -0.413. The Kier molecular flexibility index (Phi) is 4.45. The normalized spacial score (nSPS) is 11.4. The predicted octanol–water partition coefficient (Wildman–Crippen LogP) is 4.62. The van der Waals surface area contributed by atoms with Gasteiger partial charge in [-0.1, -0.05) is 18.2 Å². The van der Waals surface area contributed by atoms with E-state index < -0.39 is 4.92 Å². The van der Waals surface area contributed by atoms with E-state index in [4.69, 9.17) is 0 Å². The summed E-state index contributed by atoms with van der Waals surface area (Å²) in [6, 6.07) is 10.4. The highest BCUT2D eigenvalue weighted by Gasteiger charge is 2.10. The van der Waals surface area contributed by atoms with Gasteiger partial charge in [-0.05, 0) is 18.4 Å². The number of aromatic nitrogens is 1. The molecule has 2 aromatic heterocycles. The smallest absolute Gasteiger partial charge is 0.258 e. The molecule has 0 saturated carbocycles. The fraction of sp³-hybridized carbons (Fsp3) is 0.0667. The third-order valence-electron chi connectivity index (χ3n) is 3.05. The third kappa shape index (κ3) is 3.61. The number of nitro benzene ring substituents is 1. The minimum Gasteiger partial charge on any atom is -0.258 e. The molecule has 1 aromatic carbocycles. The standard InChI is InChI=1S/C15H12N4O2S2/c1-10(14-6-3-7-22-14)17-18-15-16-13(9-23-15)11-4-2-5-12(8-11)19(20)21/h2-9H,1H3,(H,16,18)/b17-10-. The van der Waals surface area contributed by atoms with Gasteiger partial charge in [0.15, 0.2) is 0 Å². The molecule has 23 heavy (non-hydrogen) atoms. The van der Waals surface area contributed by atoms with Gasteiger partial charge >= 0.3 is 0 Å². The number of thiophene rings is 1. The zero-order chi connectivity index (χ0) is 16.2. The average molecular weight is 344 g/mol. The van der Waals surface area contributed by atoms with Crippen LogP contribution in [-0.4, -0.2) is 15.6 Å². The van der Waals surface area contributed by atoms with Crippen LogP contribution in [0.4, 0.5) is 10.8 Å². The number of nitro groups is 1. The highest BCUT2D eigenvalue weighted by atomic mass is 32.1. The molecule has 0 amide bonds. The van der Waals surface area contributed by atoms with E-state index in [1.807, 2.05) is 29.8 Å². The predicted molar refractivity (Wildman–Crippen MR) is 94.4 cm³/mol. The molecule has 0 radical (unpaired) electrons.